The number of hydrogen-bond acceptors (Lipinski definition) is 6. The summed E-state index contributed by atoms with van der Waals surface area (Å²) in [5.41, 5.74) is -0.930. The molecule has 2 aliphatic rings. The van der Waals surface area contributed by atoms with E-state index < -0.39 is 26.0 Å². The zero-order valence-corrected chi connectivity index (χ0v) is 12.3. The molecule has 1 aliphatic heterocycles. The van der Waals surface area contributed by atoms with Crippen molar-refractivity contribution in [3.63, 3.8) is 0 Å². The van der Waals surface area contributed by atoms with E-state index in [2.05, 4.69) is 0 Å². The van der Waals surface area contributed by atoms with Crippen molar-refractivity contribution < 1.29 is 18.4 Å². The summed E-state index contributed by atoms with van der Waals surface area (Å²) in [6.45, 7) is 0.622. The fraction of sp³-hybridized carbons (Fsp3) is 0.538. The van der Waals surface area contributed by atoms with Gasteiger partial charge in [0.15, 0.2) is 9.84 Å². The normalized spacial score (nSPS) is 21.0. The van der Waals surface area contributed by atoms with Gasteiger partial charge in [-0.1, -0.05) is 6.07 Å². The fourth-order valence-corrected chi connectivity index (χ4v) is 3.77. The lowest BCUT2D eigenvalue weighted by molar-refractivity contribution is -0.387. The summed E-state index contributed by atoms with van der Waals surface area (Å²) in [5, 5.41) is 21.6. The lowest BCUT2D eigenvalue weighted by Gasteiger charge is -2.48. The number of para-hydroxylation sites is 1. The molecule has 3 rings (SSSR count). The molecule has 0 spiro atoms. The zero-order chi connectivity index (χ0) is 15.4. The smallest absolute Gasteiger partial charge is 0.311 e. The van der Waals surface area contributed by atoms with Crippen LogP contribution in [0.25, 0.3) is 0 Å². The number of sulfone groups is 1. The van der Waals surface area contributed by atoms with Gasteiger partial charge in [-0.25, -0.2) is 8.42 Å². The van der Waals surface area contributed by atoms with Crippen molar-refractivity contribution in [1.82, 2.24) is 0 Å². The lowest BCUT2D eigenvalue weighted by Crippen LogP contribution is -2.63. The minimum Gasteiger partial charge on any atom is -0.386 e. The van der Waals surface area contributed by atoms with Crippen molar-refractivity contribution in [3.05, 3.63) is 28.3 Å². The van der Waals surface area contributed by atoms with Gasteiger partial charge in [-0.05, 0) is 30.9 Å². The van der Waals surface area contributed by atoms with E-state index in [0.717, 1.165) is 19.1 Å². The number of nitrogens with zero attached hydrogens (tertiary/aromatic N) is 2. The van der Waals surface area contributed by atoms with Crippen LogP contribution in [0.5, 0.6) is 0 Å². The van der Waals surface area contributed by atoms with E-state index in [1.807, 2.05) is 0 Å². The van der Waals surface area contributed by atoms with E-state index in [-0.39, 0.29) is 16.5 Å². The van der Waals surface area contributed by atoms with E-state index in [0.29, 0.717) is 13.1 Å². The molecule has 0 atom stereocenters. The quantitative estimate of drug-likeness (QED) is 0.656. The highest BCUT2D eigenvalue weighted by Gasteiger charge is 2.53. The van der Waals surface area contributed by atoms with Gasteiger partial charge in [-0.15, -0.1) is 0 Å². The molecule has 1 saturated heterocycles. The highest BCUT2D eigenvalue weighted by atomic mass is 32.2. The Morgan fingerprint density at radius 2 is 2.00 bits per heavy atom. The van der Waals surface area contributed by atoms with Crippen LogP contribution in [0.3, 0.4) is 0 Å². The number of rotatable bonds is 4. The highest BCUT2D eigenvalue weighted by Crippen LogP contribution is 2.47. The zero-order valence-electron chi connectivity index (χ0n) is 11.5. The van der Waals surface area contributed by atoms with Crippen molar-refractivity contribution >= 4 is 21.2 Å². The molecule has 1 aliphatic carbocycles. The molecule has 0 amide bonds. The second kappa shape index (κ2) is 4.41. The average Bonchev–Trinajstić information content (AvgIpc) is 3.17. The third kappa shape index (κ3) is 2.38. The van der Waals surface area contributed by atoms with Crippen LogP contribution in [-0.4, -0.2) is 43.4 Å². The summed E-state index contributed by atoms with van der Waals surface area (Å²) in [5.74, 6) is 0.269. The van der Waals surface area contributed by atoms with Gasteiger partial charge in [0, 0.05) is 19.3 Å². The van der Waals surface area contributed by atoms with Crippen molar-refractivity contribution in [3.8, 4) is 0 Å². The summed E-state index contributed by atoms with van der Waals surface area (Å²) in [7, 11) is -3.68. The predicted molar refractivity (Wildman–Crippen MR) is 76.1 cm³/mol. The summed E-state index contributed by atoms with van der Waals surface area (Å²) in [6, 6.07) is 4.26. The van der Waals surface area contributed by atoms with Gasteiger partial charge in [-0.2, -0.15) is 0 Å². The summed E-state index contributed by atoms with van der Waals surface area (Å²) >= 11 is 0. The van der Waals surface area contributed by atoms with Crippen LogP contribution in [0.2, 0.25) is 0 Å². The third-order valence-corrected chi connectivity index (χ3v) is 5.30. The minimum atomic E-state index is -3.68. The minimum absolute atomic E-state index is 0.258. The molecule has 0 bridgehead atoms. The number of hydrogen-bond donors (Lipinski definition) is 1. The van der Waals surface area contributed by atoms with Crippen LogP contribution >= 0.6 is 0 Å². The van der Waals surface area contributed by atoms with Crippen LogP contribution < -0.4 is 4.90 Å². The first-order chi connectivity index (χ1) is 9.72. The van der Waals surface area contributed by atoms with Crippen LogP contribution in [-0.2, 0) is 9.84 Å². The van der Waals surface area contributed by atoms with Crippen molar-refractivity contribution in [1.29, 1.82) is 0 Å². The SMILES string of the molecule is CS(=O)(=O)c1cccc(N2CC(O)(C3CC3)C2)c1[N+](=O)[O-]. The van der Waals surface area contributed by atoms with Crippen molar-refractivity contribution in [2.45, 2.75) is 23.3 Å². The number of nitro benzene ring substituents is 1. The second-order valence-corrected chi connectivity index (χ2v) is 7.87. The molecule has 21 heavy (non-hydrogen) atoms. The largest absolute Gasteiger partial charge is 0.386 e. The van der Waals surface area contributed by atoms with Gasteiger partial charge >= 0.3 is 5.69 Å². The summed E-state index contributed by atoms with van der Waals surface area (Å²) in [6.07, 6.45) is 2.92. The molecule has 1 heterocycles. The Morgan fingerprint density at radius 3 is 2.48 bits per heavy atom. The van der Waals surface area contributed by atoms with Gasteiger partial charge in [-0.3, -0.25) is 10.1 Å². The molecule has 1 aromatic carbocycles. The van der Waals surface area contributed by atoms with Gasteiger partial charge in [0.25, 0.3) is 0 Å². The van der Waals surface area contributed by atoms with Crippen LogP contribution in [0.15, 0.2) is 23.1 Å². The number of benzene rings is 1. The summed E-state index contributed by atoms with van der Waals surface area (Å²) < 4.78 is 23.4. The fourth-order valence-electron chi connectivity index (χ4n) is 2.91. The molecule has 1 aromatic rings. The Balaban J connectivity index is 1.98. The molecule has 1 N–H and O–H groups in total. The molecule has 0 aromatic heterocycles. The average molecular weight is 312 g/mol. The lowest BCUT2D eigenvalue weighted by atomic mass is 9.88. The Labute approximate surface area is 122 Å². The Kier molecular flexibility index (Phi) is 3.00. The maximum atomic E-state index is 11.7. The highest BCUT2D eigenvalue weighted by molar-refractivity contribution is 7.90. The third-order valence-electron chi connectivity index (χ3n) is 4.17. The van der Waals surface area contributed by atoms with Crippen LogP contribution in [0.4, 0.5) is 11.4 Å². The molecule has 7 nitrogen and oxygen atoms in total. The van der Waals surface area contributed by atoms with Crippen molar-refractivity contribution in [2.75, 3.05) is 24.2 Å². The van der Waals surface area contributed by atoms with Gasteiger partial charge in [0.05, 0.1) is 4.92 Å². The molecular weight excluding hydrogens is 296 g/mol. The first-order valence-corrected chi connectivity index (χ1v) is 8.56. The van der Waals surface area contributed by atoms with Gasteiger partial charge in [0.1, 0.15) is 16.2 Å². The maximum absolute atomic E-state index is 11.7. The Morgan fingerprint density at radius 1 is 1.38 bits per heavy atom. The van der Waals surface area contributed by atoms with Crippen LogP contribution in [0.1, 0.15) is 12.8 Å². The monoisotopic (exact) mass is 312 g/mol. The van der Waals surface area contributed by atoms with E-state index in [4.69, 9.17) is 0 Å². The van der Waals surface area contributed by atoms with Gasteiger partial charge in [0.2, 0.25) is 0 Å². The van der Waals surface area contributed by atoms with E-state index >= 15 is 0 Å². The Hall–Kier alpha value is -1.67. The topological polar surface area (TPSA) is 101 Å². The standard InChI is InChI=1S/C13H16N2O5S/c1-21(19,20)11-4-2-3-10(12(11)15(17)18)14-7-13(16,8-14)9-5-6-9/h2-4,9,16H,5-8H2,1H3. The van der Waals surface area contributed by atoms with Crippen molar-refractivity contribution in [2.24, 2.45) is 5.92 Å². The molecular formula is C13H16N2O5S. The summed E-state index contributed by atoms with van der Waals surface area (Å²) in [4.78, 5) is 12.0. The molecule has 114 valence electrons. The predicted octanol–water partition coefficient (Wildman–Crippen LogP) is 0.959. The van der Waals surface area contributed by atoms with Crippen LogP contribution in [0, 0.1) is 16.0 Å². The first-order valence-electron chi connectivity index (χ1n) is 6.67. The number of β-amino-alcohol motifs (C(OH)–C–C–N with tert-alkyl or cyclic N) is 1. The molecule has 8 heteroatoms. The van der Waals surface area contributed by atoms with E-state index in [9.17, 15) is 23.6 Å². The number of anilines is 1. The van der Waals surface area contributed by atoms with E-state index in [1.165, 1.54) is 18.2 Å². The molecule has 1 saturated carbocycles. The van der Waals surface area contributed by atoms with E-state index in [1.54, 1.807) is 4.90 Å². The molecule has 0 unspecified atom stereocenters. The molecule has 0 radical (unpaired) electrons. The number of nitro groups is 1. The maximum Gasteiger partial charge on any atom is 0.311 e. The Bertz CT molecular complexity index is 705. The van der Waals surface area contributed by atoms with Gasteiger partial charge < -0.3 is 10.0 Å². The number of aliphatic hydroxyl groups is 1. The second-order valence-electron chi connectivity index (χ2n) is 5.89. The molecule has 2 fully saturated rings. The first kappa shape index (κ1) is 14.3.